The second kappa shape index (κ2) is 9.95. The van der Waals surface area contributed by atoms with E-state index in [-0.39, 0.29) is 23.8 Å². The molecule has 0 unspecified atom stereocenters. The first kappa shape index (κ1) is 23.8. The number of hydrogen-bond donors (Lipinski definition) is 1. The maximum Gasteiger partial charge on any atom is 0.256 e. The highest BCUT2D eigenvalue weighted by Crippen LogP contribution is 2.32. The molecule has 0 saturated carbocycles. The van der Waals surface area contributed by atoms with Crippen LogP contribution in [0.1, 0.15) is 48.0 Å². The summed E-state index contributed by atoms with van der Waals surface area (Å²) in [6.07, 6.45) is 7.94. The Bertz CT molecular complexity index is 1230. The molecule has 2 aliphatic heterocycles. The standard InChI is InChI=1S/C26H29ClFN5O2/c1-17-4-2-7-31(17)15-25(34)30-23-14-32(9-6-21(23)18-10-19(27)12-20(28)11-18)26(35)22-5-3-8-33-16-29-13-24(22)33/h3,5,8,10-13,16-17,21,23H,2,4,6-7,9,14-15H2,1H3,(H,30,34)/t17-,21+,23-/m1/s1. The van der Waals surface area contributed by atoms with Crippen LogP contribution < -0.4 is 5.32 Å². The number of amides is 2. The summed E-state index contributed by atoms with van der Waals surface area (Å²) in [5.74, 6) is -0.755. The second-order valence-electron chi connectivity index (χ2n) is 9.59. The number of nitrogens with zero attached hydrogens (tertiary/aromatic N) is 4. The molecule has 35 heavy (non-hydrogen) atoms. The Balaban J connectivity index is 1.39. The fourth-order valence-corrected chi connectivity index (χ4v) is 5.67. The van der Waals surface area contributed by atoms with E-state index >= 15 is 0 Å². The number of fused-ring (bicyclic) bond motifs is 1. The maximum absolute atomic E-state index is 14.2. The predicted octanol–water partition coefficient (Wildman–Crippen LogP) is 3.73. The Morgan fingerprint density at radius 1 is 1.23 bits per heavy atom. The van der Waals surface area contributed by atoms with Gasteiger partial charge in [-0.3, -0.25) is 14.5 Å². The molecule has 2 aliphatic rings. The van der Waals surface area contributed by atoms with Gasteiger partial charge in [-0.2, -0.15) is 0 Å². The fourth-order valence-electron chi connectivity index (χ4n) is 5.44. The minimum atomic E-state index is -0.408. The van der Waals surface area contributed by atoms with Crippen LogP contribution in [0.3, 0.4) is 0 Å². The molecule has 3 atom stereocenters. The quantitative estimate of drug-likeness (QED) is 0.583. The first-order valence-corrected chi connectivity index (χ1v) is 12.5. The van der Waals surface area contributed by atoms with Crippen molar-refractivity contribution >= 4 is 28.9 Å². The first-order valence-electron chi connectivity index (χ1n) is 12.1. The van der Waals surface area contributed by atoms with E-state index in [4.69, 9.17) is 11.6 Å². The molecule has 7 nitrogen and oxygen atoms in total. The molecule has 2 aromatic heterocycles. The molecular weight excluding hydrogens is 469 g/mol. The number of rotatable bonds is 5. The topological polar surface area (TPSA) is 70.0 Å². The first-order chi connectivity index (χ1) is 16.9. The largest absolute Gasteiger partial charge is 0.350 e. The number of pyridine rings is 1. The van der Waals surface area contributed by atoms with Crippen molar-refractivity contribution in [3.05, 3.63) is 71.0 Å². The van der Waals surface area contributed by atoms with Gasteiger partial charge in [0.15, 0.2) is 0 Å². The molecule has 4 heterocycles. The molecule has 0 spiro atoms. The summed E-state index contributed by atoms with van der Waals surface area (Å²) in [4.78, 5) is 34.6. The lowest BCUT2D eigenvalue weighted by atomic mass is 9.84. The van der Waals surface area contributed by atoms with Crippen LogP contribution in [0.4, 0.5) is 4.39 Å². The minimum Gasteiger partial charge on any atom is -0.350 e. The average molecular weight is 498 g/mol. The Hall–Kier alpha value is -2.97. The van der Waals surface area contributed by atoms with E-state index in [1.54, 1.807) is 29.6 Å². The van der Waals surface area contributed by atoms with Crippen molar-refractivity contribution in [1.82, 2.24) is 24.5 Å². The van der Waals surface area contributed by atoms with Crippen LogP contribution in [0, 0.1) is 5.82 Å². The van der Waals surface area contributed by atoms with Gasteiger partial charge < -0.3 is 14.6 Å². The molecule has 9 heteroatoms. The third kappa shape index (κ3) is 5.04. The number of benzene rings is 1. The van der Waals surface area contributed by atoms with Crippen LogP contribution in [-0.2, 0) is 4.79 Å². The van der Waals surface area contributed by atoms with Gasteiger partial charge in [0.25, 0.3) is 5.91 Å². The molecule has 0 bridgehead atoms. The Morgan fingerprint density at radius 2 is 2.09 bits per heavy atom. The van der Waals surface area contributed by atoms with Gasteiger partial charge in [0.05, 0.1) is 36.2 Å². The third-order valence-electron chi connectivity index (χ3n) is 7.28. The van der Waals surface area contributed by atoms with E-state index in [9.17, 15) is 14.0 Å². The van der Waals surface area contributed by atoms with Crippen LogP contribution >= 0.6 is 11.6 Å². The molecule has 0 aliphatic carbocycles. The summed E-state index contributed by atoms with van der Waals surface area (Å²) in [6, 6.07) is 8.13. The van der Waals surface area contributed by atoms with Crippen molar-refractivity contribution in [1.29, 1.82) is 0 Å². The molecular formula is C26H29ClFN5O2. The van der Waals surface area contributed by atoms with Gasteiger partial charge in [-0.25, -0.2) is 9.37 Å². The van der Waals surface area contributed by atoms with Crippen LogP contribution in [0.5, 0.6) is 0 Å². The van der Waals surface area contributed by atoms with E-state index in [0.717, 1.165) is 30.5 Å². The van der Waals surface area contributed by atoms with Crippen molar-refractivity contribution in [3.8, 4) is 0 Å². The number of halogens is 2. The molecule has 2 saturated heterocycles. The number of aromatic nitrogens is 2. The third-order valence-corrected chi connectivity index (χ3v) is 7.50. The average Bonchev–Trinajstić information content (AvgIpc) is 3.46. The van der Waals surface area contributed by atoms with E-state index < -0.39 is 5.82 Å². The summed E-state index contributed by atoms with van der Waals surface area (Å²) < 4.78 is 16.0. The van der Waals surface area contributed by atoms with Gasteiger partial charge in [-0.05, 0) is 68.6 Å². The summed E-state index contributed by atoms with van der Waals surface area (Å²) in [7, 11) is 0. The van der Waals surface area contributed by atoms with Crippen molar-refractivity contribution in [2.45, 2.75) is 44.2 Å². The molecule has 184 valence electrons. The smallest absolute Gasteiger partial charge is 0.256 e. The predicted molar refractivity (Wildman–Crippen MR) is 132 cm³/mol. The minimum absolute atomic E-state index is 0.0801. The van der Waals surface area contributed by atoms with E-state index in [1.807, 2.05) is 16.7 Å². The fraction of sp³-hybridized carbons (Fsp3) is 0.423. The number of carbonyl (C=O) groups is 2. The maximum atomic E-state index is 14.2. The summed E-state index contributed by atoms with van der Waals surface area (Å²) in [5.41, 5.74) is 2.04. The number of likely N-dealkylation sites (tertiary alicyclic amines) is 2. The Kier molecular flexibility index (Phi) is 6.75. The Labute approximate surface area is 208 Å². The zero-order valence-corrected chi connectivity index (χ0v) is 20.4. The Morgan fingerprint density at radius 3 is 2.86 bits per heavy atom. The summed E-state index contributed by atoms with van der Waals surface area (Å²) >= 11 is 6.15. The molecule has 5 rings (SSSR count). The molecule has 0 radical (unpaired) electrons. The zero-order valence-electron chi connectivity index (χ0n) is 19.7. The van der Waals surface area contributed by atoms with Gasteiger partial charge in [0.2, 0.25) is 5.91 Å². The van der Waals surface area contributed by atoms with Gasteiger partial charge >= 0.3 is 0 Å². The van der Waals surface area contributed by atoms with Crippen molar-refractivity contribution in [2.24, 2.45) is 0 Å². The van der Waals surface area contributed by atoms with Crippen LogP contribution in [-0.4, -0.2) is 69.3 Å². The summed E-state index contributed by atoms with van der Waals surface area (Å²) in [5, 5.41) is 3.49. The van der Waals surface area contributed by atoms with E-state index in [0.29, 0.717) is 42.7 Å². The van der Waals surface area contributed by atoms with Gasteiger partial charge in [0.1, 0.15) is 5.82 Å². The molecule has 3 aromatic rings. The van der Waals surface area contributed by atoms with Crippen LogP contribution in [0.25, 0.3) is 5.52 Å². The van der Waals surface area contributed by atoms with Gasteiger partial charge in [0, 0.05) is 36.3 Å². The van der Waals surface area contributed by atoms with Crippen LogP contribution in [0.15, 0.2) is 49.1 Å². The zero-order chi connectivity index (χ0) is 24.5. The molecule has 1 aromatic carbocycles. The second-order valence-corrected chi connectivity index (χ2v) is 10.0. The van der Waals surface area contributed by atoms with Crippen LogP contribution in [0.2, 0.25) is 5.02 Å². The number of nitrogens with one attached hydrogen (secondary N) is 1. The number of imidazole rings is 1. The summed E-state index contributed by atoms with van der Waals surface area (Å²) in [6.45, 7) is 4.17. The molecule has 2 fully saturated rings. The highest BCUT2D eigenvalue weighted by atomic mass is 35.5. The van der Waals surface area contributed by atoms with E-state index in [2.05, 4.69) is 22.1 Å². The SMILES string of the molecule is C[C@@H]1CCCN1CC(=O)N[C@@H]1CN(C(=O)c2cccn3cncc23)CC[C@H]1c1cc(F)cc(Cl)c1. The normalized spacial score (nSPS) is 23.1. The van der Waals surface area contributed by atoms with Crippen molar-refractivity contribution in [3.63, 3.8) is 0 Å². The lowest BCUT2D eigenvalue weighted by Crippen LogP contribution is -2.54. The number of carbonyl (C=O) groups excluding carboxylic acids is 2. The monoisotopic (exact) mass is 497 g/mol. The van der Waals surface area contributed by atoms with Crippen molar-refractivity contribution in [2.75, 3.05) is 26.2 Å². The number of hydrogen-bond acceptors (Lipinski definition) is 4. The lowest BCUT2D eigenvalue weighted by molar-refractivity contribution is -0.123. The highest BCUT2D eigenvalue weighted by Gasteiger charge is 2.35. The highest BCUT2D eigenvalue weighted by molar-refractivity contribution is 6.30. The number of piperidine rings is 1. The van der Waals surface area contributed by atoms with E-state index in [1.165, 1.54) is 12.1 Å². The molecule has 1 N–H and O–H groups in total. The van der Waals surface area contributed by atoms with Crippen molar-refractivity contribution < 1.29 is 14.0 Å². The molecule has 2 amide bonds. The van der Waals surface area contributed by atoms with Gasteiger partial charge in [-0.1, -0.05) is 11.6 Å². The van der Waals surface area contributed by atoms with Gasteiger partial charge in [-0.15, -0.1) is 0 Å². The lowest BCUT2D eigenvalue weighted by Gasteiger charge is -2.39.